The third-order valence-corrected chi connectivity index (χ3v) is 15.4. The van der Waals surface area contributed by atoms with Crippen molar-refractivity contribution in [1.82, 2.24) is 0 Å². The molecule has 0 rings (SSSR count). The van der Waals surface area contributed by atoms with E-state index in [0.717, 1.165) is 53.3 Å². The fourth-order valence-electron chi connectivity index (χ4n) is 10.0. The lowest BCUT2D eigenvalue weighted by molar-refractivity contribution is 0.335. The highest BCUT2D eigenvalue weighted by atomic mass is 14.2. The van der Waals surface area contributed by atoms with Crippen LogP contribution in [0.2, 0.25) is 0 Å². The molecule has 0 aliphatic carbocycles. The molecule has 0 bridgehead atoms. The van der Waals surface area contributed by atoms with Crippen molar-refractivity contribution in [3.8, 4) is 0 Å². The maximum atomic E-state index is 2.55. The second kappa shape index (κ2) is 40.4. The van der Waals surface area contributed by atoms with Crippen molar-refractivity contribution in [2.75, 3.05) is 0 Å². The smallest absolute Gasteiger partial charge is 0.0414 e. The van der Waals surface area contributed by atoms with Gasteiger partial charge in [-0.2, -0.15) is 0 Å². The van der Waals surface area contributed by atoms with E-state index >= 15 is 0 Å². The van der Waals surface area contributed by atoms with Crippen molar-refractivity contribution in [1.29, 1.82) is 0 Å². The summed E-state index contributed by atoms with van der Waals surface area (Å²) in [5.74, 6) is 8.54. The molecule has 0 saturated heterocycles. The monoisotopic (exact) mass is 787 g/mol. The molecule has 9 unspecified atom stereocenters. The average molecular weight is 788 g/mol. The van der Waals surface area contributed by atoms with E-state index in [0.29, 0.717) is 0 Å². The van der Waals surface area contributed by atoms with Crippen LogP contribution in [0, 0.1) is 53.3 Å². The van der Waals surface area contributed by atoms with E-state index in [1.165, 1.54) is 231 Å². The summed E-state index contributed by atoms with van der Waals surface area (Å²) >= 11 is 0. The van der Waals surface area contributed by atoms with Crippen LogP contribution in [0.1, 0.15) is 307 Å². The van der Waals surface area contributed by atoms with Crippen LogP contribution in [0.15, 0.2) is 0 Å². The van der Waals surface area contributed by atoms with E-state index in [1.807, 2.05) is 0 Å². The van der Waals surface area contributed by atoms with Gasteiger partial charge in [0.25, 0.3) is 0 Å². The largest absolute Gasteiger partial charge is 0.0654 e. The third kappa shape index (κ3) is 35.9. The van der Waals surface area contributed by atoms with Crippen LogP contribution in [-0.4, -0.2) is 0 Å². The molecule has 0 aromatic rings. The second-order valence-electron chi connectivity index (χ2n) is 21.2. The van der Waals surface area contributed by atoms with Crippen LogP contribution >= 0.6 is 0 Å². The molecule has 0 nitrogen and oxygen atoms in total. The molecule has 0 aromatic heterocycles. The molecule has 0 saturated carbocycles. The topological polar surface area (TPSA) is 0 Å². The molecule has 0 spiro atoms. The summed E-state index contributed by atoms with van der Waals surface area (Å²) in [5.41, 5.74) is 0. The van der Waals surface area contributed by atoms with Crippen LogP contribution in [-0.2, 0) is 0 Å². The van der Waals surface area contributed by atoms with E-state index in [-0.39, 0.29) is 0 Å². The van der Waals surface area contributed by atoms with Gasteiger partial charge in [-0.15, -0.1) is 0 Å². The Bertz CT molecular complexity index is 753. The van der Waals surface area contributed by atoms with Gasteiger partial charge in [0.1, 0.15) is 0 Å². The lowest BCUT2D eigenvalue weighted by atomic mass is 9.86. The van der Waals surface area contributed by atoms with Gasteiger partial charge in [0, 0.05) is 0 Å². The highest BCUT2D eigenvalue weighted by molar-refractivity contribution is 4.67. The molecule has 9 atom stereocenters. The Morgan fingerprint density at radius 2 is 0.429 bits per heavy atom. The number of hydrogen-bond acceptors (Lipinski definition) is 0. The molecule has 338 valence electrons. The summed E-state index contributed by atoms with van der Waals surface area (Å²) in [5, 5.41) is 0. The molecule has 0 amide bonds. The van der Waals surface area contributed by atoms with Crippen molar-refractivity contribution in [2.45, 2.75) is 307 Å². The zero-order valence-corrected chi connectivity index (χ0v) is 41.7. The molecule has 0 radical (unpaired) electrons. The van der Waals surface area contributed by atoms with Crippen molar-refractivity contribution >= 4 is 0 Å². The van der Waals surface area contributed by atoms with Gasteiger partial charge in [-0.3, -0.25) is 0 Å². The first kappa shape index (κ1) is 56.0. The van der Waals surface area contributed by atoms with Crippen LogP contribution in [0.3, 0.4) is 0 Å². The average Bonchev–Trinajstić information content (AvgIpc) is 3.18. The first-order valence-corrected chi connectivity index (χ1v) is 27.1. The Morgan fingerprint density at radius 1 is 0.196 bits per heavy atom. The molecular formula is C56H114. The van der Waals surface area contributed by atoms with Gasteiger partial charge in [-0.05, 0) is 53.3 Å². The lowest BCUT2D eigenvalue weighted by Gasteiger charge is -2.20. The van der Waals surface area contributed by atoms with Gasteiger partial charge in [-0.25, -0.2) is 0 Å². The zero-order valence-electron chi connectivity index (χ0n) is 41.7. The Labute approximate surface area is 359 Å². The fourth-order valence-corrected chi connectivity index (χ4v) is 10.0. The number of hydrogen-bond donors (Lipinski definition) is 0. The molecule has 0 heteroatoms. The highest BCUT2D eigenvalue weighted by Gasteiger charge is 2.14. The maximum Gasteiger partial charge on any atom is -0.0414 e. The minimum absolute atomic E-state index is 0.919. The summed E-state index contributed by atoms with van der Waals surface area (Å²) in [6, 6.07) is 0. The normalized spacial score (nSPS) is 17.0. The molecule has 0 heterocycles. The van der Waals surface area contributed by atoms with Gasteiger partial charge in [0.05, 0.1) is 0 Å². The predicted octanol–water partition coefficient (Wildman–Crippen LogP) is 20.8. The Kier molecular flexibility index (Phi) is 40.4. The molecule has 0 aliphatic heterocycles. The summed E-state index contributed by atoms with van der Waals surface area (Å²) in [6.07, 6.45) is 52.6. The lowest BCUT2D eigenvalue weighted by Crippen LogP contribution is -2.05. The van der Waals surface area contributed by atoms with E-state index in [1.54, 1.807) is 0 Å². The van der Waals surface area contributed by atoms with Gasteiger partial charge < -0.3 is 0 Å². The third-order valence-electron chi connectivity index (χ3n) is 15.4. The van der Waals surface area contributed by atoms with Gasteiger partial charge in [0.2, 0.25) is 0 Å². The molecule has 0 aromatic carbocycles. The van der Waals surface area contributed by atoms with E-state index in [2.05, 4.69) is 76.2 Å². The molecular weight excluding hydrogens is 673 g/mol. The molecule has 0 aliphatic rings. The summed E-state index contributed by atoms with van der Waals surface area (Å²) in [6.45, 7) is 26.8. The number of rotatable bonds is 44. The van der Waals surface area contributed by atoms with Crippen molar-refractivity contribution < 1.29 is 0 Å². The standard InChI is InChI=1S/C56H114/c1-12-31-55(46-29-39-52(10)36-26-33-49(7)14-3)42-21-18-17-19-22-43-56(47-30-40-53(11)37-27-34-50(8)15-4)44-24-20-23-41-54(16-5)45-28-38-51(9)35-25-32-48(6)13-2/h48-56H,12-47H2,1-11H3. The van der Waals surface area contributed by atoms with Gasteiger partial charge in [-0.1, -0.05) is 307 Å². The summed E-state index contributed by atoms with van der Waals surface area (Å²) in [7, 11) is 0. The van der Waals surface area contributed by atoms with Crippen molar-refractivity contribution in [2.24, 2.45) is 53.3 Å². The van der Waals surface area contributed by atoms with Crippen molar-refractivity contribution in [3.05, 3.63) is 0 Å². The zero-order chi connectivity index (χ0) is 41.7. The Morgan fingerprint density at radius 3 is 0.750 bits per heavy atom. The second-order valence-corrected chi connectivity index (χ2v) is 21.2. The van der Waals surface area contributed by atoms with E-state index in [9.17, 15) is 0 Å². The van der Waals surface area contributed by atoms with Crippen molar-refractivity contribution in [3.63, 3.8) is 0 Å². The summed E-state index contributed by atoms with van der Waals surface area (Å²) in [4.78, 5) is 0. The first-order valence-electron chi connectivity index (χ1n) is 27.1. The predicted molar refractivity (Wildman–Crippen MR) is 260 cm³/mol. The van der Waals surface area contributed by atoms with E-state index in [4.69, 9.17) is 0 Å². The first-order chi connectivity index (χ1) is 27.1. The van der Waals surface area contributed by atoms with Crippen LogP contribution in [0.25, 0.3) is 0 Å². The maximum absolute atomic E-state index is 2.55. The molecule has 56 heavy (non-hydrogen) atoms. The van der Waals surface area contributed by atoms with Gasteiger partial charge >= 0.3 is 0 Å². The Hall–Kier alpha value is 0. The quantitative estimate of drug-likeness (QED) is 0.0540. The van der Waals surface area contributed by atoms with E-state index < -0.39 is 0 Å². The Balaban J connectivity index is 4.52. The van der Waals surface area contributed by atoms with Crippen LogP contribution in [0.4, 0.5) is 0 Å². The minimum atomic E-state index is 0.919. The summed E-state index contributed by atoms with van der Waals surface area (Å²) < 4.78 is 0. The van der Waals surface area contributed by atoms with Crippen LogP contribution < -0.4 is 0 Å². The minimum Gasteiger partial charge on any atom is -0.0654 e. The van der Waals surface area contributed by atoms with Gasteiger partial charge in [0.15, 0.2) is 0 Å². The molecule has 0 fully saturated rings. The fraction of sp³-hybridized carbons (Fsp3) is 1.00. The van der Waals surface area contributed by atoms with Crippen LogP contribution in [0.5, 0.6) is 0 Å². The molecule has 0 N–H and O–H groups in total. The highest BCUT2D eigenvalue weighted by Crippen LogP contribution is 2.29. The number of unbranched alkanes of at least 4 members (excludes halogenated alkanes) is 6. The SMILES string of the molecule is CCCC(CCCCCCCC(CCCCCC(CC)CCCC(C)CCCC(C)CC)CCCC(C)CCCC(C)CC)CCCC(C)CCCC(C)CC.